The van der Waals surface area contributed by atoms with Gasteiger partial charge in [-0.3, -0.25) is 4.79 Å². The number of hydrogen-bond acceptors (Lipinski definition) is 5. The Bertz CT molecular complexity index is 273. The molecule has 0 bridgehead atoms. The van der Waals surface area contributed by atoms with Crippen molar-refractivity contribution < 1.29 is 19.1 Å². The van der Waals surface area contributed by atoms with E-state index in [1.807, 2.05) is 0 Å². The fraction of sp³-hybridized carbons (Fsp3) is 0.818. The van der Waals surface area contributed by atoms with E-state index in [1.54, 1.807) is 27.7 Å². The summed E-state index contributed by atoms with van der Waals surface area (Å²) in [5.41, 5.74) is 5.18. The second-order valence-corrected chi connectivity index (χ2v) is 4.88. The van der Waals surface area contributed by atoms with Crippen molar-refractivity contribution in [2.75, 3.05) is 7.11 Å². The molecule has 2 atom stereocenters. The van der Waals surface area contributed by atoms with Gasteiger partial charge in [-0.15, -0.1) is 0 Å². The highest BCUT2D eigenvalue weighted by Gasteiger charge is 2.22. The highest BCUT2D eigenvalue weighted by Crippen LogP contribution is 2.07. The number of esters is 1. The number of hydrogen-bond donors (Lipinski definition) is 2. The Morgan fingerprint density at radius 3 is 2.29 bits per heavy atom. The van der Waals surface area contributed by atoms with Crippen LogP contribution in [-0.4, -0.2) is 36.9 Å². The van der Waals surface area contributed by atoms with E-state index < -0.39 is 23.7 Å². The summed E-state index contributed by atoms with van der Waals surface area (Å²) in [7, 11) is 1.29. The molecule has 0 unspecified atom stereocenters. The molecule has 6 nitrogen and oxygen atoms in total. The molecule has 0 saturated carbocycles. The fourth-order valence-electron chi connectivity index (χ4n) is 1.05. The van der Waals surface area contributed by atoms with Crippen LogP contribution in [0, 0.1) is 0 Å². The van der Waals surface area contributed by atoms with Gasteiger partial charge in [-0.2, -0.15) is 0 Å². The quantitative estimate of drug-likeness (QED) is 0.716. The zero-order valence-corrected chi connectivity index (χ0v) is 11.1. The first kappa shape index (κ1) is 15.7. The van der Waals surface area contributed by atoms with Crippen molar-refractivity contribution in [3.63, 3.8) is 0 Å². The third-order valence-corrected chi connectivity index (χ3v) is 2.02. The smallest absolute Gasteiger partial charge is 0.407 e. The average Bonchev–Trinajstić information content (AvgIpc) is 2.14. The Morgan fingerprint density at radius 2 is 1.88 bits per heavy atom. The van der Waals surface area contributed by atoms with Gasteiger partial charge in [-0.1, -0.05) is 0 Å². The van der Waals surface area contributed by atoms with Gasteiger partial charge in [-0.05, 0) is 27.7 Å². The minimum atomic E-state index is -0.559. The Hall–Kier alpha value is -1.30. The van der Waals surface area contributed by atoms with Crippen LogP contribution in [0.3, 0.4) is 0 Å². The number of carbonyl (C=O) groups excluding carboxylic acids is 2. The summed E-state index contributed by atoms with van der Waals surface area (Å²) in [6.45, 7) is 7.01. The van der Waals surface area contributed by atoms with Crippen LogP contribution in [0.25, 0.3) is 0 Å². The van der Waals surface area contributed by atoms with Crippen LogP contribution in [0.15, 0.2) is 0 Å². The van der Waals surface area contributed by atoms with Gasteiger partial charge in [0.1, 0.15) is 5.60 Å². The van der Waals surface area contributed by atoms with Gasteiger partial charge in [0.2, 0.25) is 0 Å². The lowest BCUT2D eigenvalue weighted by molar-refractivity contribution is -0.141. The molecule has 6 heteroatoms. The van der Waals surface area contributed by atoms with E-state index in [2.05, 4.69) is 10.1 Å². The van der Waals surface area contributed by atoms with Crippen molar-refractivity contribution >= 4 is 12.1 Å². The summed E-state index contributed by atoms with van der Waals surface area (Å²) in [6, 6.07) is -0.876. The normalized spacial score (nSPS) is 14.7. The van der Waals surface area contributed by atoms with Gasteiger partial charge in [0.15, 0.2) is 0 Å². The Morgan fingerprint density at radius 1 is 1.35 bits per heavy atom. The Labute approximate surface area is 102 Å². The first-order valence-electron chi connectivity index (χ1n) is 5.47. The third-order valence-electron chi connectivity index (χ3n) is 2.02. The van der Waals surface area contributed by atoms with Gasteiger partial charge in [0, 0.05) is 12.1 Å². The number of alkyl carbamates (subject to hydrolysis) is 1. The van der Waals surface area contributed by atoms with Crippen molar-refractivity contribution in [3.8, 4) is 0 Å². The fourth-order valence-corrected chi connectivity index (χ4v) is 1.05. The molecule has 0 saturated heterocycles. The first-order valence-corrected chi connectivity index (χ1v) is 5.47. The number of amides is 1. The lowest BCUT2D eigenvalue weighted by Gasteiger charge is -2.24. The molecule has 0 fully saturated rings. The van der Waals surface area contributed by atoms with Gasteiger partial charge in [0.05, 0.1) is 13.5 Å². The van der Waals surface area contributed by atoms with E-state index >= 15 is 0 Å². The molecule has 100 valence electrons. The van der Waals surface area contributed by atoms with Crippen LogP contribution in [0.2, 0.25) is 0 Å². The van der Waals surface area contributed by atoms with Crippen molar-refractivity contribution in [1.29, 1.82) is 0 Å². The number of ether oxygens (including phenoxy) is 2. The molecular weight excluding hydrogens is 224 g/mol. The van der Waals surface area contributed by atoms with Crippen molar-refractivity contribution in [2.24, 2.45) is 5.73 Å². The molecule has 0 spiro atoms. The number of carbonyl (C=O) groups is 2. The molecule has 0 aliphatic heterocycles. The molecule has 0 aromatic rings. The van der Waals surface area contributed by atoms with Crippen LogP contribution in [0.5, 0.6) is 0 Å². The predicted molar refractivity (Wildman–Crippen MR) is 63.4 cm³/mol. The molecule has 0 aromatic heterocycles. The van der Waals surface area contributed by atoms with Crippen molar-refractivity contribution in [2.45, 2.75) is 51.8 Å². The molecule has 17 heavy (non-hydrogen) atoms. The molecule has 0 aliphatic carbocycles. The predicted octanol–water partition coefficient (Wildman–Crippen LogP) is 0.790. The average molecular weight is 246 g/mol. The Balaban J connectivity index is 4.12. The van der Waals surface area contributed by atoms with E-state index in [4.69, 9.17) is 10.5 Å². The summed E-state index contributed by atoms with van der Waals surface area (Å²) < 4.78 is 9.56. The van der Waals surface area contributed by atoms with Gasteiger partial charge >= 0.3 is 12.1 Å². The van der Waals surface area contributed by atoms with Crippen molar-refractivity contribution in [3.05, 3.63) is 0 Å². The number of rotatable bonds is 4. The monoisotopic (exact) mass is 246 g/mol. The molecule has 1 amide bonds. The largest absolute Gasteiger partial charge is 0.469 e. The van der Waals surface area contributed by atoms with E-state index in [-0.39, 0.29) is 12.5 Å². The number of nitrogens with two attached hydrogens (primary N) is 1. The summed E-state index contributed by atoms with van der Waals surface area (Å²) >= 11 is 0. The van der Waals surface area contributed by atoms with Gasteiger partial charge in [-0.25, -0.2) is 4.79 Å². The van der Waals surface area contributed by atoms with E-state index in [0.29, 0.717) is 0 Å². The van der Waals surface area contributed by atoms with Gasteiger partial charge < -0.3 is 20.5 Å². The second kappa shape index (κ2) is 6.44. The second-order valence-electron chi connectivity index (χ2n) is 4.88. The van der Waals surface area contributed by atoms with Crippen LogP contribution >= 0.6 is 0 Å². The summed E-state index contributed by atoms with van der Waals surface area (Å²) in [5, 5.41) is 2.57. The molecule has 0 aliphatic rings. The highest BCUT2D eigenvalue weighted by molar-refractivity contribution is 5.71. The van der Waals surface area contributed by atoms with E-state index in [9.17, 15) is 9.59 Å². The first-order chi connectivity index (χ1) is 7.65. The SMILES string of the molecule is COC(=O)C[C@H](N)[C@H](C)NC(=O)OC(C)(C)C. The molecule has 0 radical (unpaired) electrons. The lowest BCUT2D eigenvalue weighted by atomic mass is 10.1. The standard InChI is InChI=1S/C11H22N2O4/c1-7(8(12)6-9(14)16-5)13-10(15)17-11(2,3)4/h7-8H,6,12H2,1-5H3,(H,13,15)/t7-,8-/m0/s1. The third kappa shape index (κ3) is 7.57. The molecule has 0 heterocycles. The van der Waals surface area contributed by atoms with Gasteiger partial charge in [0.25, 0.3) is 0 Å². The summed E-state index contributed by atoms with van der Waals surface area (Å²) in [5.74, 6) is -0.407. The maximum atomic E-state index is 11.4. The molecule has 3 N–H and O–H groups in total. The topological polar surface area (TPSA) is 90.6 Å². The Kier molecular flexibility index (Phi) is 5.95. The summed E-state index contributed by atoms with van der Waals surface area (Å²) in [4.78, 5) is 22.4. The number of nitrogens with one attached hydrogen (secondary N) is 1. The zero-order valence-electron chi connectivity index (χ0n) is 11.1. The number of methoxy groups -OCH3 is 1. The van der Waals surface area contributed by atoms with Crippen LogP contribution in [-0.2, 0) is 14.3 Å². The maximum absolute atomic E-state index is 11.4. The molecule has 0 rings (SSSR count). The lowest BCUT2D eigenvalue weighted by Crippen LogP contribution is -2.48. The minimum Gasteiger partial charge on any atom is -0.469 e. The summed E-state index contributed by atoms with van der Waals surface area (Å²) in [6.07, 6.45) is -0.502. The van der Waals surface area contributed by atoms with Crippen molar-refractivity contribution in [1.82, 2.24) is 5.32 Å². The minimum absolute atomic E-state index is 0.0491. The maximum Gasteiger partial charge on any atom is 0.407 e. The highest BCUT2D eigenvalue weighted by atomic mass is 16.6. The van der Waals surface area contributed by atoms with Crippen LogP contribution in [0.1, 0.15) is 34.1 Å². The van der Waals surface area contributed by atoms with Crippen LogP contribution < -0.4 is 11.1 Å². The van der Waals surface area contributed by atoms with E-state index in [1.165, 1.54) is 7.11 Å². The van der Waals surface area contributed by atoms with E-state index in [0.717, 1.165) is 0 Å². The zero-order chi connectivity index (χ0) is 13.6. The molecular formula is C11H22N2O4. The van der Waals surface area contributed by atoms with Crippen LogP contribution in [0.4, 0.5) is 4.79 Å². The molecule has 0 aromatic carbocycles.